The van der Waals surface area contributed by atoms with Crippen molar-refractivity contribution in [3.8, 4) is 5.75 Å². The molecule has 3 aromatic rings. The molecule has 4 rings (SSSR count). The van der Waals surface area contributed by atoms with Crippen LogP contribution in [-0.4, -0.2) is 107 Å². The summed E-state index contributed by atoms with van der Waals surface area (Å²) in [6.45, 7) is 3.15. The zero-order chi connectivity index (χ0) is 42.9. The number of likely N-dealkylation sites (N-methyl/N-ethyl adjacent to an activating group) is 1. The van der Waals surface area contributed by atoms with Crippen molar-refractivity contribution in [1.29, 1.82) is 0 Å². The first-order valence-electron chi connectivity index (χ1n) is 19.8. The second-order valence-corrected chi connectivity index (χ2v) is 15.0. The first kappa shape index (κ1) is 45.3. The molecular weight excluding hydrogens is 759 g/mol. The summed E-state index contributed by atoms with van der Waals surface area (Å²) in [5, 5.41) is 35.7. The Morgan fingerprint density at radius 3 is 2.05 bits per heavy atom. The van der Waals surface area contributed by atoms with Crippen LogP contribution in [0.25, 0.3) is 0 Å². The minimum absolute atomic E-state index is 0.0106. The molecule has 0 spiro atoms. The maximum absolute atomic E-state index is 14.0. The lowest BCUT2D eigenvalue weighted by Gasteiger charge is -2.29. The van der Waals surface area contributed by atoms with Crippen LogP contribution in [0.4, 0.5) is 4.79 Å². The number of urea groups is 1. The Morgan fingerprint density at radius 2 is 1.42 bits per heavy atom. The van der Waals surface area contributed by atoms with Crippen molar-refractivity contribution < 1.29 is 43.8 Å². The van der Waals surface area contributed by atoms with Crippen LogP contribution in [0.1, 0.15) is 56.2 Å². The van der Waals surface area contributed by atoms with Crippen molar-refractivity contribution in [2.75, 3.05) is 20.1 Å². The van der Waals surface area contributed by atoms with Crippen LogP contribution in [0.15, 0.2) is 84.9 Å². The van der Waals surface area contributed by atoms with Crippen LogP contribution >= 0.6 is 0 Å². The summed E-state index contributed by atoms with van der Waals surface area (Å²) in [6.07, 6.45) is 1.29. The van der Waals surface area contributed by atoms with Crippen molar-refractivity contribution in [3.63, 3.8) is 0 Å². The van der Waals surface area contributed by atoms with Gasteiger partial charge in [0.1, 0.15) is 36.0 Å². The van der Waals surface area contributed by atoms with E-state index in [9.17, 15) is 43.8 Å². The lowest BCUT2D eigenvalue weighted by molar-refractivity contribution is -0.139. The molecule has 5 atom stereocenters. The third-order valence-electron chi connectivity index (χ3n) is 9.94. The van der Waals surface area contributed by atoms with Crippen LogP contribution in [0, 0.1) is 5.92 Å². The van der Waals surface area contributed by atoms with Gasteiger partial charge in [0.2, 0.25) is 29.5 Å². The number of aromatic hydroxyl groups is 1. The maximum Gasteiger partial charge on any atom is 0.326 e. The monoisotopic (exact) mass is 813 g/mol. The van der Waals surface area contributed by atoms with Gasteiger partial charge in [0.15, 0.2) is 0 Å². The number of nitrogens with zero attached hydrogens (tertiary/aromatic N) is 1. The fourth-order valence-electron chi connectivity index (χ4n) is 6.62. The number of carbonyl (C=O) groups is 7. The van der Waals surface area contributed by atoms with Crippen molar-refractivity contribution in [2.24, 2.45) is 5.92 Å². The summed E-state index contributed by atoms with van der Waals surface area (Å²) in [4.78, 5) is 95.3. The van der Waals surface area contributed by atoms with Gasteiger partial charge < -0.3 is 47.0 Å². The highest BCUT2D eigenvalue weighted by molar-refractivity contribution is 5.96. The zero-order valence-electron chi connectivity index (χ0n) is 33.6. The molecule has 0 unspecified atom stereocenters. The highest BCUT2D eigenvalue weighted by atomic mass is 16.4. The number of benzene rings is 3. The van der Waals surface area contributed by atoms with E-state index in [1.807, 2.05) is 30.3 Å². The predicted octanol–water partition coefficient (Wildman–Crippen LogP) is 1.80. The van der Waals surface area contributed by atoms with Crippen LogP contribution in [-0.2, 0) is 48.0 Å². The fraction of sp³-hybridized carbons (Fsp3) is 0.419. The molecule has 3 aromatic carbocycles. The van der Waals surface area contributed by atoms with Gasteiger partial charge in [0.05, 0.1) is 6.54 Å². The number of aryl methyl sites for hydroxylation is 1. The molecule has 1 heterocycles. The summed E-state index contributed by atoms with van der Waals surface area (Å²) < 4.78 is 0. The largest absolute Gasteiger partial charge is 0.508 e. The minimum Gasteiger partial charge on any atom is -0.508 e. The molecule has 0 saturated carbocycles. The number of hydrogen-bond acceptors (Lipinski definition) is 8. The van der Waals surface area contributed by atoms with E-state index in [-0.39, 0.29) is 38.0 Å². The number of nitrogens with one attached hydrogen (secondary N) is 6. The number of amides is 7. The highest BCUT2D eigenvalue weighted by Gasteiger charge is 2.33. The van der Waals surface area contributed by atoms with Crippen LogP contribution in [0.2, 0.25) is 0 Å². The SMILES string of the molecule is CC(C)[C@@H]1NC(=O)[C@@H](NC(=O)N[C@H](Cc2ccccc2)C(=O)O)CCCCNC(=O)[C@H](Cc2ccccc2)NC(=O)CN(C)C(=O)[C@H](CCc2ccc(O)cc2)NC1=O. The summed E-state index contributed by atoms with van der Waals surface area (Å²) in [7, 11) is 1.41. The number of carboxylic acid groups (broad SMARTS) is 1. The average molecular weight is 814 g/mol. The molecule has 1 saturated heterocycles. The van der Waals surface area contributed by atoms with Gasteiger partial charge in [-0.2, -0.15) is 0 Å². The molecule has 1 aliphatic rings. The normalized spacial score (nSPS) is 20.7. The summed E-state index contributed by atoms with van der Waals surface area (Å²) >= 11 is 0. The molecular formula is C43H55N7O9. The third-order valence-corrected chi connectivity index (χ3v) is 9.94. The van der Waals surface area contributed by atoms with Crippen molar-refractivity contribution in [1.82, 2.24) is 36.8 Å². The van der Waals surface area contributed by atoms with E-state index in [1.54, 1.807) is 56.3 Å². The Kier molecular flexibility index (Phi) is 17.2. The summed E-state index contributed by atoms with van der Waals surface area (Å²) in [5.41, 5.74) is 2.24. The van der Waals surface area contributed by atoms with E-state index in [0.29, 0.717) is 24.8 Å². The summed E-state index contributed by atoms with van der Waals surface area (Å²) in [6, 6.07) is 17.4. The van der Waals surface area contributed by atoms with Gasteiger partial charge in [0.25, 0.3) is 0 Å². The average Bonchev–Trinajstić information content (AvgIpc) is 3.20. The number of hydrogen-bond donors (Lipinski definition) is 8. The predicted molar refractivity (Wildman–Crippen MR) is 219 cm³/mol. The lowest BCUT2D eigenvalue weighted by atomic mass is 9.99. The molecule has 7 amide bonds. The Labute approximate surface area is 343 Å². The Hall–Kier alpha value is -6.45. The number of carboxylic acids is 1. The lowest BCUT2D eigenvalue weighted by Crippen LogP contribution is -2.59. The van der Waals surface area contributed by atoms with Crippen LogP contribution in [0.5, 0.6) is 5.75 Å². The first-order valence-corrected chi connectivity index (χ1v) is 19.8. The van der Waals surface area contributed by atoms with Gasteiger partial charge >= 0.3 is 12.0 Å². The molecule has 0 aromatic heterocycles. The Bertz CT molecular complexity index is 1890. The third kappa shape index (κ3) is 14.8. The van der Waals surface area contributed by atoms with Gasteiger partial charge in [-0.15, -0.1) is 0 Å². The number of phenols is 1. The summed E-state index contributed by atoms with van der Waals surface area (Å²) in [5.74, 6) is -4.74. The van der Waals surface area contributed by atoms with Gasteiger partial charge in [0, 0.05) is 26.4 Å². The topological polar surface area (TPSA) is 235 Å². The Balaban J connectivity index is 1.60. The molecule has 1 aliphatic heterocycles. The number of carbonyl (C=O) groups excluding carboxylic acids is 6. The quantitative estimate of drug-likeness (QED) is 0.141. The van der Waals surface area contributed by atoms with E-state index in [2.05, 4.69) is 31.9 Å². The van der Waals surface area contributed by atoms with E-state index < -0.39 is 84.2 Å². The van der Waals surface area contributed by atoms with Crippen molar-refractivity contribution in [3.05, 3.63) is 102 Å². The van der Waals surface area contributed by atoms with Crippen molar-refractivity contribution in [2.45, 2.75) is 89.0 Å². The molecule has 0 aliphatic carbocycles. The maximum atomic E-state index is 14.0. The van der Waals surface area contributed by atoms with Gasteiger partial charge in [-0.05, 0) is 66.8 Å². The van der Waals surface area contributed by atoms with E-state index in [0.717, 1.165) is 16.0 Å². The number of aliphatic carboxylic acids is 1. The molecule has 8 N–H and O–H groups in total. The molecule has 16 nitrogen and oxygen atoms in total. The zero-order valence-corrected chi connectivity index (χ0v) is 33.6. The van der Waals surface area contributed by atoms with Crippen LogP contribution < -0.4 is 31.9 Å². The van der Waals surface area contributed by atoms with Gasteiger partial charge in [-0.1, -0.05) is 86.6 Å². The van der Waals surface area contributed by atoms with Crippen LogP contribution in [0.3, 0.4) is 0 Å². The number of rotatable bonds is 11. The number of phenolic OH excluding ortho intramolecular Hbond substituents is 1. The molecule has 1 fully saturated rings. The standard InChI is InChI=1S/C43H55N7O9/c1-27(2)37-40(55)46-33(22-19-28-17-20-31(51)21-18-28)41(56)50(3)26-36(52)45-34(24-29-12-6-4-7-13-29)38(53)44-23-11-10-16-32(39(54)49-37)47-43(59)48-35(42(57)58)25-30-14-8-5-9-15-30/h4-9,12-15,17-18,20-21,27,32-35,37,51H,10-11,16,19,22-26H2,1-3H3,(H,44,53)(H,45,52)(H,46,55)(H,49,54)(H,57,58)(H2,47,48,59)/t32-,33-,34-,35+,37-/m0/s1. The van der Waals surface area contributed by atoms with Gasteiger partial charge in [-0.3, -0.25) is 24.0 Å². The minimum atomic E-state index is -1.31. The Morgan fingerprint density at radius 1 is 0.780 bits per heavy atom. The van der Waals surface area contributed by atoms with E-state index in [1.165, 1.54) is 19.2 Å². The molecule has 59 heavy (non-hydrogen) atoms. The first-order chi connectivity index (χ1) is 28.2. The van der Waals surface area contributed by atoms with E-state index >= 15 is 0 Å². The van der Waals surface area contributed by atoms with Gasteiger partial charge in [-0.25, -0.2) is 9.59 Å². The van der Waals surface area contributed by atoms with E-state index in [4.69, 9.17) is 0 Å². The molecule has 16 heteroatoms. The molecule has 316 valence electrons. The second-order valence-electron chi connectivity index (χ2n) is 15.0. The fourth-order valence-corrected chi connectivity index (χ4v) is 6.62. The second kappa shape index (κ2) is 22.5. The molecule has 0 radical (unpaired) electrons. The molecule has 0 bridgehead atoms. The highest BCUT2D eigenvalue weighted by Crippen LogP contribution is 2.15. The smallest absolute Gasteiger partial charge is 0.326 e. The van der Waals surface area contributed by atoms with Crippen molar-refractivity contribution >= 4 is 41.5 Å².